The van der Waals surface area contributed by atoms with Gasteiger partial charge in [0.2, 0.25) is 11.8 Å². The van der Waals surface area contributed by atoms with Gasteiger partial charge >= 0.3 is 0 Å². The van der Waals surface area contributed by atoms with Crippen LogP contribution in [0.2, 0.25) is 0 Å². The highest BCUT2D eigenvalue weighted by molar-refractivity contribution is 5.82. The number of carbonyl (C=O) groups excluding carboxylic acids is 2. The van der Waals surface area contributed by atoms with Gasteiger partial charge < -0.3 is 20.4 Å². The lowest BCUT2D eigenvalue weighted by Crippen LogP contribution is -2.43. The molecule has 0 aliphatic heterocycles. The fourth-order valence-corrected chi connectivity index (χ4v) is 7.11. The van der Waals surface area contributed by atoms with E-state index < -0.39 is 0 Å². The van der Waals surface area contributed by atoms with Crippen LogP contribution in [0.3, 0.4) is 0 Å². The van der Waals surface area contributed by atoms with Crippen molar-refractivity contribution in [3.05, 3.63) is 0 Å². The predicted molar refractivity (Wildman–Crippen MR) is 220 cm³/mol. The van der Waals surface area contributed by atoms with Gasteiger partial charge in [0.05, 0.1) is 0 Å². The van der Waals surface area contributed by atoms with Crippen molar-refractivity contribution in [3.8, 4) is 0 Å². The molecule has 0 fully saturated rings. The van der Waals surface area contributed by atoms with Crippen LogP contribution in [0, 0.1) is 0 Å². The van der Waals surface area contributed by atoms with Crippen molar-refractivity contribution in [1.82, 2.24) is 14.7 Å². The first-order valence-corrected chi connectivity index (χ1v) is 22.5. The molecule has 0 aliphatic carbocycles. The Labute approximate surface area is 313 Å². The van der Waals surface area contributed by atoms with E-state index >= 15 is 0 Å². The first kappa shape index (κ1) is 48.9. The average molecular weight is 707 g/mol. The number of hydrogen-bond acceptors (Lipinski definition) is 4. The summed E-state index contributed by atoms with van der Waals surface area (Å²) in [5.41, 5.74) is 5.48. The van der Waals surface area contributed by atoms with Gasteiger partial charge in [0.1, 0.15) is 0 Å². The van der Waals surface area contributed by atoms with Crippen LogP contribution in [0.25, 0.3) is 0 Å². The van der Waals surface area contributed by atoms with Gasteiger partial charge in [-0.15, -0.1) is 0 Å². The second-order valence-electron chi connectivity index (χ2n) is 15.5. The van der Waals surface area contributed by atoms with Gasteiger partial charge in [-0.25, -0.2) is 0 Å². The minimum atomic E-state index is -0.378. The lowest BCUT2D eigenvalue weighted by molar-refractivity contribution is -0.133. The van der Waals surface area contributed by atoms with Crippen LogP contribution in [0.5, 0.6) is 0 Å². The summed E-state index contributed by atoms with van der Waals surface area (Å²) in [6, 6.07) is 0. The van der Waals surface area contributed by atoms with Gasteiger partial charge in [0.25, 0.3) is 0 Å². The number of rotatable bonds is 41. The van der Waals surface area contributed by atoms with Crippen LogP contribution in [-0.4, -0.2) is 78.9 Å². The molecule has 6 nitrogen and oxygen atoms in total. The van der Waals surface area contributed by atoms with Crippen molar-refractivity contribution in [2.45, 2.75) is 220 Å². The van der Waals surface area contributed by atoms with Crippen LogP contribution in [0.1, 0.15) is 220 Å². The highest BCUT2D eigenvalue weighted by Crippen LogP contribution is 2.13. The maximum Gasteiger partial charge on any atom is 0.223 e. The number of primary amides is 1. The first-order valence-electron chi connectivity index (χ1n) is 22.5. The first-order chi connectivity index (χ1) is 24.5. The zero-order valence-corrected chi connectivity index (χ0v) is 34.6. The molecule has 0 aliphatic rings. The third-order valence-corrected chi connectivity index (χ3v) is 10.6. The van der Waals surface area contributed by atoms with E-state index in [0.717, 1.165) is 52.4 Å². The summed E-state index contributed by atoms with van der Waals surface area (Å²) in [6.45, 7) is 17.1. The number of carbonyl (C=O) groups is 2. The van der Waals surface area contributed by atoms with Crippen molar-refractivity contribution in [1.29, 1.82) is 0 Å². The summed E-state index contributed by atoms with van der Waals surface area (Å²) in [4.78, 5) is 32.5. The van der Waals surface area contributed by atoms with Crippen LogP contribution in [0.15, 0.2) is 0 Å². The predicted octanol–water partition coefficient (Wildman–Crippen LogP) is 11.7. The molecule has 0 unspecified atom stereocenters. The summed E-state index contributed by atoms with van der Waals surface area (Å²) in [5.74, 6) is -0.278. The van der Waals surface area contributed by atoms with Crippen LogP contribution in [0.4, 0.5) is 0 Å². The van der Waals surface area contributed by atoms with E-state index in [2.05, 4.69) is 42.4 Å². The van der Waals surface area contributed by atoms with Crippen molar-refractivity contribution >= 4 is 11.8 Å². The molecule has 0 atom stereocenters. The Morgan fingerprint density at radius 3 is 0.860 bits per heavy atom. The normalized spacial score (nSPS) is 11.6. The van der Waals surface area contributed by atoms with Crippen LogP contribution in [-0.2, 0) is 9.59 Å². The molecule has 0 bridgehead atoms. The van der Waals surface area contributed by atoms with E-state index in [4.69, 9.17) is 5.73 Å². The number of nitrogens with two attached hydrogens (primary N) is 1. The third kappa shape index (κ3) is 34.0. The van der Waals surface area contributed by atoms with Gasteiger partial charge in [-0.2, -0.15) is 0 Å². The lowest BCUT2D eigenvalue weighted by atomic mass is 10.1. The summed E-state index contributed by atoms with van der Waals surface area (Å²) >= 11 is 0. The molecule has 298 valence electrons. The van der Waals surface area contributed by atoms with Crippen molar-refractivity contribution < 1.29 is 9.59 Å². The summed E-state index contributed by atoms with van der Waals surface area (Å²) in [7, 11) is 0. The Morgan fingerprint density at radius 2 is 0.600 bits per heavy atom. The van der Waals surface area contributed by atoms with E-state index in [1.54, 1.807) is 0 Å². The topological polar surface area (TPSA) is 69.9 Å². The molecule has 2 N–H and O–H groups in total. The zero-order chi connectivity index (χ0) is 36.8. The molecular weight excluding hydrogens is 617 g/mol. The molecule has 0 radical (unpaired) electrons. The molecular formula is C44H90N4O2. The molecule has 50 heavy (non-hydrogen) atoms. The average Bonchev–Trinajstić information content (AvgIpc) is 3.11. The SMILES string of the molecule is CCCCCCCCCN(CCCCCCCCC)CCN(CCN(CCCCCCCCC)CCCCCCCCC)C(=O)CCC(N)=O. The fraction of sp³-hybridized carbons (Fsp3) is 0.955. The standard InChI is InChI=1S/C44H90N4O2/c1-5-9-13-17-21-25-29-35-46(36-30-26-22-18-14-10-6-2)39-41-48(44(50)34-33-43(45)49)42-40-47(37-31-27-23-19-15-11-7-3)38-32-28-24-20-16-12-8-4/h5-42H2,1-4H3,(H2,45,49). The van der Waals surface area contributed by atoms with E-state index in [9.17, 15) is 9.59 Å². The molecule has 2 amide bonds. The fourth-order valence-electron chi connectivity index (χ4n) is 7.11. The maximum absolute atomic E-state index is 13.5. The monoisotopic (exact) mass is 707 g/mol. The van der Waals surface area contributed by atoms with Crippen molar-refractivity contribution in [2.75, 3.05) is 52.4 Å². The molecule has 0 rings (SSSR count). The molecule has 0 aromatic carbocycles. The van der Waals surface area contributed by atoms with Gasteiger partial charge in [0, 0.05) is 39.0 Å². The minimum Gasteiger partial charge on any atom is -0.370 e. The van der Waals surface area contributed by atoms with Gasteiger partial charge in [-0.1, -0.05) is 182 Å². The molecule has 0 spiro atoms. The summed E-state index contributed by atoms with van der Waals surface area (Å²) in [6.07, 6.45) is 37.6. The number of nitrogens with zero attached hydrogens (tertiary/aromatic N) is 3. The zero-order valence-electron chi connectivity index (χ0n) is 34.6. The van der Waals surface area contributed by atoms with Gasteiger partial charge in [0.15, 0.2) is 0 Å². The van der Waals surface area contributed by atoms with Crippen LogP contribution >= 0.6 is 0 Å². The molecule has 0 saturated heterocycles. The molecule has 0 saturated carbocycles. The Kier molecular flexibility index (Phi) is 38.2. The largest absolute Gasteiger partial charge is 0.370 e. The van der Waals surface area contributed by atoms with E-state index in [0.29, 0.717) is 0 Å². The third-order valence-electron chi connectivity index (χ3n) is 10.6. The quantitative estimate of drug-likeness (QED) is 0.0643. The number of unbranched alkanes of at least 4 members (excludes halogenated alkanes) is 24. The highest BCUT2D eigenvalue weighted by atomic mass is 16.2. The number of hydrogen-bond donors (Lipinski definition) is 1. The second-order valence-corrected chi connectivity index (χ2v) is 15.5. The Morgan fingerprint density at radius 1 is 0.340 bits per heavy atom. The smallest absolute Gasteiger partial charge is 0.223 e. The van der Waals surface area contributed by atoms with E-state index in [-0.39, 0.29) is 24.7 Å². The maximum atomic E-state index is 13.5. The minimum absolute atomic E-state index is 0.0994. The van der Waals surface area contributed by atoms with Crippen molar-refractivity contribution in [3.63, 3.8) is 0 Å². The Balaban J connectivity index is 5.26. The Bertz CT molecular complexity index is 638. The molecule has 0 aromatic rings. The highest BCUT2D eigenvalue weighted by Gasteiger charge is 2.18. The summed E-state index contributed by atoms with van der Waals surface area (Å²) < 4.78 is 0. The van der Waals surface area contributed by atoms with Gasteiger partial charge in [-0.3, -0.25) is 9.59 Å². The van der Waals surface area contributed by atoms with E-state index in [1.165, 1.54) is 180 Å². The Hall–Kier alpha value is -1.14. The molecule has 0 heterocycles. The molecule has 0 aromatic heterocycles. The van der Waals surface area contributed by atoms with Crippen molar-refractivity contribution in [2.24, 2.45) is 5.73 Å². The number of amides is 2. The second kappa shape index (κ2) is 39.1. The van der Waals surface area contributed by atoms with Gasteiger partial charge in [-0.05, 0) is 51.9 Å². The summed E-state index contributed by atoms with van der Waals surface area (Å²) in [5, 5.41) is 0. The van der Waals surface area contributed by atoms with Crippen LogP contribution < -0.4 is 5.73 Å². The molecule has 6 heteroatoms. The van der Waals surface area contributed by atoms with E-state index in [1.807, 2.05) is 0 Å². The lowest BCUT2D eigenvalue weighted by Gasteiger charge is -2.31.